The Kier molecular flexibility index (Phi) is 5.62. The first kappa shape index (κ1) is 18.9. The number of amides is 2. The summed E-state index contributed by atoms with van der Waals surface area (Å²) in [5, 5.41) is 5.65. The molecule has 0 aliphatic heterocycles. The Morgan fingerprint density at radius 2 is 1.05 bits per heavy atom. The smallest absolute Gasteiger partial charge is 0.229 e. The number of hydrogen-bond acceptors (Lipinski definition) is 4. The summed E-state index contributed by atoms with van der Waals surface area (Å²) in [6, 6.07) is 3.42. The molecule has 0 fully saturated rings. The summed E-state index contributed by atoms with van der Waals surface area (Å²) in [7, 11) is 0. The van der Waals surface area contributed by atoms with Gasteiger partial charge in [-0.1, -0.05) is 41.5 Å². The fourth-order valence-electron chi connectivity index (χ4n) is 1.40. The molecule has 6 heteroatoms. The van der Waals surface area contributed by atoms with Gasteiger partial charge in [0.2, 0.25) is 11.8 Å². The molecule has 1 rings (SSSR count). The second-order valence-electron chi connectivity index (χ2n) is 7.27. The van der Waals surface area contributed by atoms with Crippen molar-refractivity contribution in [1.29, 1.82) is 0 Å². The molecule has 2 N–H and O–H groups in total. The van der Waals surface area contributed by atoms with Gasteiger partial charge in [0.1, 0.15) is 0 Å². The van der Waals surface area contributed by atoms with Crippen LogP contribution < -0.4 is 10.6 Å². The highest BCUT2D eigenvalue weighted by molar-refractivity contribution is 7.83. The zero-order valence-corrected chi connectivity index (χ0v) is 15.7. The predicted octanol–water partition coefficient (Wildman–Crippen LogP) is 4.23. The maximum Gasteiger partial charge on any atom is 0.229 e. The third-order valence-electron chi connectivity index (χ3n) is 3.01. The zero-order valence-electron chi connectivity index (χ0n) is 13.9. The third kappa shape index (κ3) is 4.68. The van der Waals surface area contributed by atoms with Gasteiger partial charge in [0.05, 0.1) is 11.4 Å². The van der Waals surface area contributed by atoms with Crippen molar-refractivity contribution >= 4 is 48.4 Å². The van der Waals surface area contributed by atoms with E-state index in [4.69, 9.17) is 0 Å². The highest BCUT2D eigenvalue weighted by Crippen LogP contribution is 2.34. The minimum absolute atomic E-state index is 0.109. The lowest BCUT2D eigenvalue weighted by atomic mass is 9.95. The van der Waals surface area contributed by atoms with E-state index in [9.17, 15) is 9.59 Å². The maximum absolute atomic E-state index is 12.1. The van der Waals surface area contributed by atoms with E-state index in [2.05, 4.69) is 35.9 Å². The van der Waals surface area contributed by atoms with Crippen LogP contribution in [0.25, 0.3) is 0 Å². The van der Waals surface area contributed by atoms with E-state index in [0.717, 1.165) is 0 Å². The van der Waals surface area contributed by atoms with Crippen LogP contribution in [0.2, 0.25) is 0 Å². The lowest BCUT2D eigenvalue weighted by Crippen LogP contribution is -2.28. The molecular formula is C16H24N2O2S2. The second-order valence-corrected chi connectivity index (χ2v) is 8.16. The van der Waals surface area contributed by atoms with Gasteiger partial charge >= 0.3 is 0 Å². The molecule has 122 valence electrons. The van der Waals surface area contributed by atoms with E-state index < -0.39 is 10.8 Å². The van der Waals surface area contributed by atoms with E-state index in [1.807, 2.05) is 41.5 Å². The number of benzene rings is 1. The first-order chi connectivity index (χ1) is 9.84. The number of rotatable bonds is 2. The van der Waals surface area contributed by atoms with Crippen LogP contribution in [-0.2, 0) is 9.59 Å². The van der Waals surface area contributed by atoms with Crippen molar-refractivity contribution in [3.05, 3.63) is 12.1 Å². The Hall–Kier alpha value is -1.14. The van der Waals surface area contributed by atoms with Gasteiger partial charge in [-0.25, -0.2) is 0 Å². The Morgan fingerprint density at radius 3 is 1.27 bits per heavy atom. The first-order valence-electron chi connectivity index (χ1n) is 7.02. The predicted molar refractivity (Wildman–Crippen MR) is 97.1 cm³/mol. The highest BCUT2D eigenvalue weighted by atomic mass is 32.1. The van der Waals surface area contributed by atoms with Crippen LogP contribution in [0.4, 0.5) is 11.4 Å². The fourth-order valence-corrected chi connectivity index (χ4v) is 1.90. The van der Waals surface area contributed by atoms with Crippen LogP contribution in [-0.4, -0.2) is 11.8 Å². The third-order valence-corrected chi connectivity index (χ3v) is 4.12. The molecule has 1 aromatic rings. The van der Waals surface area contributed by atoms with Crippen molar-refractivity contribution in [3.63, 3.8) is 0 Å². The van der Waals surface area contributed by atoms with Crippen molar-refractivity contribution in [3.8, 4) is 0 Å². The van der Waals surface area contributed by atoms with Gasteiger partial charge in [0, 0.05) is 20.6 Å². The van der Waals surface area contributed by atoms with Crippen LogP contribution in [0.15, 0.2) is 21.9 Å². The number of thiol groups is 2. The molecule has 1 aromatic carbocycles. The molecule has 0 spiro atoms. The lowest BCUT2D eigenvalue weighted by molar-refractivity contribution is -0.123. The summed E-state index contributed by atoms with van der Waals surface area (Å²) in [5.41, 5.74) is 0.135. The van der Waals surface area contributed by atoms with Crippen molar-refractivity contribution < 1.29 is 9.59 Å². The quantitative estimate of drug-likeness (QED) is 0.609. The minimum atomic E-state index is -0.504. The van der Waals surface area contributed by atoms with E-state index in [0.29, 0.717) is 21.2 Å². The Bertz CT molecular complexity index is 546. The number of nitrogens with one attached hydrogen (secondary N) is 2. The average molecular weight is 341 g/mol. The minimum Gasteiger partial charge on any atom is -0.325 e. The van der Waals surface area contributed by atoms with Crippen molar-refractivity contribution in [2.24, 2.45) is 10.8 Å². The largest absolute Gasteiger partial charge is 0.325 e. The van der Waals surface area contributed by atoms with E-state index in [1.165, 1.54) is 0 Å². The number of anilines is 2. The van der Waals surface area contributed by atoms with Crippen LogP contribution in [0, 0.1) is 10.8 Å². The summed E-state index contributed by atoms with van der Waals surface area (Å²) >= 11 is 8.81. The molecule has 0 saturated carbocycles. The molecule has 0 aliphatic rings. The Morgan fingerprint density at radius 1 is 0.773 bits per heavy atom. The van der Waals surface area contributed by atoms with Gasteiger partial charge in [0.15, 0.2) is 0 Å². The topological polar surface area (TPSA) is 58.2 Å². The maximum atomic E-state index is 12.1. The molecule has 0 radical (unpaired) electrons. The van der Waals surface area contributed by atoms with Crippen LogP contribution in [0.1, 0.15) is 41.5 Å². The van der Waals surface area contributed by atoms with Crippen LogP contribution >= 0.6 is 25.3 Å². The first-order valence-corrected chi connectivity index (χ1v) is 7.91. The van der Waals surface area contributed by atoms with Crippen molar-refractivity contribution in [1.82, 2.24) is 0 Å². The van der Waals surface area contributed by atoms with Crippen molar-refractivity contribution in [2.75, 3.05) is 10.6 Å². The summed E-state index contributed by atoms with van der Waals surface area (Å²) < 4.78 is 0. The molecule has 22 heavy (non-hydrogen) atoms. The standard InChI is InChI=1S/C16H24N2O2S2/c1-15(2,3)13(19)17-9-7-8-10(12(22)11(9)21)18-14(20)16(4,5)6/h7-8,21-22H,1-6H3,(H,17,19)(H,18,20). The summed E-state index contributed by atoms with van der Waals surface area (Å²) in [4.78, 5) is 25.1. The molecule has 4 nitrogen and oxygen atoms in total. The van der Waals surface area contributed by atoms with Gasteiger partial charge in [-0.2, -0.15) is 0 Å². The number of carbonyl (C=O) groups is 2. The summed E-state index contributed by atoms with van der Waals surface area (Å²) in [5.74, 6) is -0.218. The van der Waals surface area contributed by atoms with Crippen molar-refractivity contribution in [2.45, 2.75) is 51.3 Å². The Balaban J connectivity index is 3.03. The number of hydrogen-bond donors (Lipinski definition) is 4. The molecule has 0 atom stereocenters. The monoisotopic (exact) mass is 340 g/mol. The zero-order chi connectivity index (χ0) is 17.3. The fraction of sp³-hybridized carbons (Fsp3) is 0.500. The van der Waals surface area contributed by atoms with Gasteiger partial charge in [-0.05, 0) is 12.1 Å². The molecule has 0 unspecified atom stereocenters. The van der Waals surface area contributed by atoms with Gasteiger partial charge in [-0.15, -0.1) is 25.3 Å². The Labute approximate surface area is 143 Å². The second kappa shape index (κ2) is 6.54. The summed E-state index contributed by atoms with van der Waals surface area (Å²) in [6.07, 6.45) is 0. The molecular weight excluding hydrogens is 316 g/mol. The highest BCUT2D eigenvalue weighted by Gasteiger charge is 2.24. The molecule has 0 saturated heterocycles. The van der Waals surface area contributed by atoms with Crippen LogP contribution in [0.3, 0.4) is 0 Å². The molecule has 0 heterocycles. The van der Waals surface area contributed by atoms with Gasteiger partial charge in [-0.3, -0.25) is 9.59 Å². The summed E-state index contributed by atoms with van der Waals surface area (Å²) in [6.45, 7) is 11.0. The van der Waals surface area contributed by atoms with Crippen LogP contribution in [0.5, 0.6) is 0 Å². The molecule has 0 aromatic heterocycles. The molecule has 0 bridgehead atoms. The van der Waals surface area contributed by atoms with Gasteiger partial charge in [0.25, 0.3) is 0 Å². The normalized spacial score (nSPS) is 12.0. The van der Waals surface area contributed by atoms with E-state index in [1.54, 1.807) is 12.1 Å². The molecule has 0 aliphatic carbocycles. The van der Waals surface area contributed by atoms with Gasteiger partial charge < -0.3 is 10.6 Å². The average Bonchev–Trinajstić information content (AvgIpc) is 2.35. The van der Waals surface area contributed by atoms with E-state index in [-0.39, 0.29) is 11.8 Å². The van der Waals surface area contributed by atoms with E-state index >= 15 is 0 Å². The SMILES string of the molecule is CC(C)(C)C(=O)Nc1ccc(NC(=O)C(C)(C)C)c(S)c1S. The number of carbonyl (C=O) groups excluding carboxylic acids is 2. The molecule has 2 amide bonds. The lowest BCUT2D eigenvalue weighted by Gasteiger charge is -2.21.